The van der Waals surface area contributed by atoms with Crippen LogP contribution in [0, 0.1) is 0 Å². The molecule has 0 saturated carbocycles. The summed E-state index contributed by atoms with van der Waals surface area (Å²) < 4.78 is 5.73. The maximum absolute atomic E-state index is 11.1. The van der Waals surface area contributed by atoms with E-state index in [1.807, 2.05) is 0 Å². The molecule has 0 aromatic carbocycles. The zero-order valence-electron chi connectivity index (χ0n) is 11.0. The number of nitrogens with one attached hydrogen (secondary N) is 1. The minimum absolute atomic E-state index is 0.0125. The van der Waals surface area contributed by atoms with Crippen LogP contribution in [-0.2, 0) is 9.53 Å². The van der Waals surface area contributed by atoms with Gasteiger partial charge in [-0.25, -0.2) is 0 Å². The van der Waals surface area contributed by atoms with Crippen LogP contribution in [0.5, 0.6) is 0 Å². The van der Waals surface area contributed by atoms with Gasteiger partial charge in [-0.05, 0) is 39.3 Å². The van der Waals surface area contributed by atoms with Crippen molar-refractivity contribution in [2.75, 3.05) is 26.2 Å². The SMILES string of the molecule is CCN1CCCCC1CC1(C)CNC(=O)CO1. The number of hydrogen-bond donors (Lipinski definition) is 1. The molecule has 2 atom stereocenters. The number of carbonyl (C=O) groups excluding carboxylic acids is 1. The average Bonchev–Trinajstić information content (AvgIpc) is 2.34. The van der Waals surface area contributed by atoms with Crippen molar-refractivity contribution in [2.24, 2.45) is 0 Å². The predicted octanol–water partition coefficient (Wildman–Crippen LogP) is 1.16. The first-order valence-electron chi connectivity index (χ1n) is 6.78. The Morgan fingerprint density at radius 3 is 3.00 bits per heavy atom. The first-order chi connectivity index (χ1) is 8.13. The Morgan fingerprint density at radius 1 is 1.53 bits per heavy atom. The molecule has 2 fully saturated rings. The van der Waals surface area contributed by atoms with Crippen LogP contribution in [-0.4, -0.2) is 48.7 Å². The lowest BCUT2D eigenvalue weighted by Crippen LogP contribution is -2.54. The summed E-state index contributed by atoms with van der Waals surface area (Å²) in [5.74, 6) is 0.0125. The van der Waals surface area contributed by atoms with Gasteiger partial charge in [0.15, 0.2) is 0 Å². The lowest BCUT2D eigenvalue weighted by Gasteiger charge is -2.42. The van der Waals surface area contributed by atoms with Gasteiger partial charge < -0.3 is 15.0 Å². The lowest BCUT2D eigenvalue weighted by atomic mass is 9.89. The van der Waals surface area contributed by atoms with Crippen molar-refractivity contribution in [1.29, 1.82) is 0 Å². The Morgan fingerprint density at radius 2 is 2.35 bits per heavy atom. The minimum atomic E-state index is -0.177. The van der Waals surface area contributed by atoms with Gasteiger partial charge in [-0.1, -0.05) is 13.3 Å². The zero-order valence-corrected chi connectivity index (χ0v) is 11.0. The first-order valence-corrected chi connectivity index (χ1v) is 6.78. The van der Waals surface area contributed by atoms with E-state index in [4.69, 9.17) is 4.74 Å². The van der Waals surface area contributed by atoms with Crippen molar-refractivity contribution in [2.45, 2.75) is 51.2 Å². The molecule has 2 saturated heterocycles. The largest absolute Gasteiger partial charge is 0.364 e. The van der Waals surface area contributed by atoms with E-state index in [-0.39, 0.29) is 18.1 Å². The summed E-state index contributed by atoms with van der Waals surface area (Å²) in [5.41, 5.74) is -0.177. The Hall–Kier alpha value is -0.610. The van der Waals surface area contributed by atoms with E-state index in [1.165, 1.54) is 25.8 Å². The molecule has 4 heteroatoms. The van der Waals surface area contributed by atoms with E-state index in [0.29, 0.717) is 12.6 Å². The van der Waals surface area contributed by atoms with Crippen LogP contribution in [0.4, 0.5) is 0 Å². The van der Waals surface area contributed by atoms with Gasteiger partial charge in [0.25, 0.3) is 0 Å². The second-order valence-corrected chi connectivity index (χ2v) is 5.50. The third kappa shape index (κ3) is 3.19. The van der Waals surface area contributed by atoms with Crippen LogP contribution in [0.3, 0.4) is 0 Å². The number of amides is 1. The first kappa shape index (κ1) is 12.8. The molecule has 2 unspecified atom stereocenters. The summed E-state index contributed by atoms with van der Waals surface area (Å²) in [6, 6.07) is 0.619. The van der Waals surface area contributed by atoms with Crippen molar-refractivity contribution in [3.05, 3.63) is 0 Å². The summed E-state index contributed by atoms with van der Waals surface area (Å²) in [7, 11) is 0. The van der Waals surface area contributed by atoms with Gasteiger partial charge in [-0.15, -0.1) is 0 Å². The Labute approximate surface area is 104 Å². The summed E-state index contributed by atoms with van der Waals surface area (Å²) in [6.07, 6.45) is 4.93. The molecule has 2 aliphatic heterocycles. The number of piperidine rings is 1. The van der Waals surface area contributed by atoms with Crippen LogP contribution in [0.15, 0.2) is 0 Å². The van der Waals surface area contributed by atoms with Gasteiger partial charge >= 0.3 is 0 Å². The van der Waals surface area contributed by atoms with Crippen molar-refractivity contribution in [1.82, 2.24) is 10.2 Å². The van der Waals surface area contributed by atoms with Crippen molar-refractivity contribution in [3.63, 3.8) is 0 Å². The monoisotopic (exact) mass is 240 g/mol. The second kappa shape index (κ2) is 5.36. The number of carbonyl (C=O) groups is 1. The highest BCUT2D eigenvalue weighted by Crippen LogP contribution is 2.27. The smallest absolute Gasteiger partial charge is 0.246 e. The van der Waals surface area contributed by atoms with Crippen LogP contribution in [0.2, 0.25) is 0 Å². The molecular formula is C13H24N2O2. The molecule has 0 aromatic rings. The van der Waals surface area contributed by atoms with Gasteiger partial charge in [0.05, 0.1) is 5.60 Å². The molecular weight excluding hydrogens is 216 g/mol. The molecule has 17 heavy (non-hydrogen) atoms. The average molecular weight is 240 g/mol. The fourth-order valence-electron chi connectivity index (χ4n) is 2.96. The normalized spacial score (nSPS) is 35.6. The predicted molar refractivity (Wildman–Crippen MR) is 66.9 cm³/mol. The number of ether oxygens (including phenoxy) is 1. The fraction of sp³-hybridized carbons (Fsp3) is 0.923. The van der Waals surface area contributed by atoms with Gasteiger partial charge in [0.1, 0.15) is 6.61 Å². The van der Waals surface area contributed by atoms with E-state index in [0.717, 1.165) is 13.0 Å². The summed E-state index contributed by atoms with van der Waals surface area (Å²) >= 11 is 0. The molecule has 0 spiro atoms. The molecule has 0 bridgehead atoms. The summed E-state index contributed by atoms with van der Waals surface area (Å²) in [6.45, 7) is 7.55. The highest BCUT2D eigenvalue weighted by atomic mass is 16.5. The Kier molecular flexibility index (Phi) is 4.05. The molecule has 2 heterocycles. The quantitative estimate of drug-likeness (QED) is 0.805. The van der Waals surface area contributed by atoms with E-state index in [9.17, 15) is 4.79 Å². The molecule has 1 amide bonds. The third-order valence-corrected chi connectivity index (χ3v) is 4.03. The third-order valence-electron chi connectivity index (χ3n) is 4.03. The van der Waals surface area contributed by atoms with Crippen LogP contribution < -0.4 is 5.32 Å². The van der Waals surface area contributed by atoms with Crippen molar-refractivity contribution in [3.8, 4) is 0 Å². The summed E-state index contributed by atoms with van der Waals surface area (Å²) in [5, 5.41) is 2.91. The standard InChI is InChI=1S/C13H24N2O2/c1-3-15-7-5-4-6-11(15)8-13(2)10-14-12(16)9-17-13/h11H,3-10H2,1-2H3,(H,14,16). The van der Waals surface area contributed by atoms with E-state index in [1.54, 1.807) is 0 Å². The van der Waals surface area contributed by atoms with Gasteiger partial charge in [-0.2, -0.15) is 0 Å². The zero-order chi connectivity index (χ0) is 12.3. The van der Waals surface area contributed by atoms with Gasteiger partial charge in [-0.3, -0.25) is 4.79 Å². The van der Waals surface area contributed by atoms with Gasteiger partial charge in [0.2, 0.25) is 5.91 Å². The summed E-state index contributed by atoms with van der Waals surface area (Å²) in [4.78, 5) is 13.7. The van der Waals surface area contributed by atoms with Crippen molar-refractivity contribution >= 4 is 5.91 Å². The molecule has 2 rings (SSSR count). The number of nitrogens with zero attached hydrogens (tertiary/aromatic N) is 1. The fourth-order valence-corrected chi connectivity index (χ4v) is 2.96. The van der Waals surface area contributed by atoms with Gasteiger partial charge in [0, 0.05) is 12.6 Å². The van der Waals surface area contributed by atoms with Crippen LogP contribution in [0.1, 0.15) is 39.5 Å². The topological polar surface area (TPSA) is 41.6 Å². The molecule has 0 aliphatic carbocycles. The molecule has 1 N–H and O–H groups in total. The number of rotatable bonds is 3. The highest BCUT2D eigenvalue weighted by molar-refractivity contribution is 5.77. The van der Waals surface area contributed by atoms with E-state index < -0.39 is 0 Å². The lowest BCUT2D eigenvalue weighted by molar-refractivity contribution is -0.144. The number of likely N-dealkylation sites (tertiary alicyclic amines) is 1. The Bertz CT molecular complexity index is 271. The second-order valence-electron chi connectivity index (χ2n) is 5.50. The van der Waals surface area contributed by atoms with E-state index >= 15 is 0 Å². The maximum atomic E-state index is 11.1. The molecule has 0 radical (unpaired) electrons. The van der Waals surface area contributed by atoms with Crippen molar-refractivity contribution < 1.29 is 9.53 Å². The molecule has 98 valence electrons. The highest BCUT2D eigenvalue weighted by Gasteiger charge is 2.35. The minimum Gasteiger partial charge on any atom is -0.364 e. The number of morpholine rings is 1. The molecule has 4 nitrogen and oxygen atoms in total. The number of hydrogen-bond acceptors (Lipinski definition) is 3. The van der Waals surface area contributed by atoms with Crippen LogP contribution >= 0.6 is 0 Å². The molecule has 0 aromatic heterocycles. The van der Waals surface area contributed by atoms with Crippen LogP contribution in [0.25, 0.3) is 0 Å². The maximum Gasteiger partial charge on any atom is 0.246 e. The molecule has 2 aliphatic rings. The van der Waals surface area contributed by atoms with E-state index in [2.05, 4.69) is 24.1 Å². The Balaban J connectivity index is 1.91.